The Kier molecular flexibility index (Phi) is 3.61. The van der Waals surface area contributed by atoms with Crippen molar-refractivity contribution >= 4 is 0 Å². The third-order valence-electron chi connectivity index (χ3n) is 2.38. The van der Waals surface area contributed by atoms with E-state index in [-0.39, 0.29) is 11.6 Å². The van der Waals surface area contributed by atoms with Crippen LogP contribution in [0.5, 0.6) is 0 Å². The van der Waals surface area contributed by atoms with Crippen LogP contribution < -0.4 is 5.73 Å². The average Bonchev–Trinajstić information content (AvgIpc) is 2.19. The molecule has 1 unspecified atom stereocenters. The number of aromatic nitrogens is 1. The third-order valence-corrected chi connectivity index (χ3v) is 2.38. The summed E-state index contributed by atoms with van der Waals surface area (Å²) in [4.78, 5) is 4.04. The van der Waals surface area contributed by atoms with Gasteiger partial charge in [-0.15, -0.1) is 0 Å². The third kappa shape index (κ3) is 3.09. The molecular formula is C11H18N2O. The lowest BCUT2D eigenvalue weighted by atomic mass is 9.95. The Morgan fingerprint density at radius 2 is 2.29 bits per heavy atom. The predicted octanol–water partition coefficient (Wildman–Crippen LogP) is 1.90. The lowest BCUT2D eigenvalue weighted by molar-refractivity contribution is 0.00993. The quantitative estimate of drug-likeness (QED) is 0.796. The Hall–Kier alpha value is -0.930. The summed E-state index contributed by atoms with van der Waals surface area (Å²) in [6.45, 7) is 4.06. The second-order valence-corrected chi connectivity index (χ2v) is 4.06. The maximum Gasteiger partial charge on any atom is 0.0640 e. The van der Waals surface area contributed by atoms with Crippen molar-refractivity contribution in [1.29, 1.82) is 0 Å². The number of pyridine rings is 1. The lowest BCUT2D eigenvalue weighted by Crippen LogP contribution is -2.28. The van der Waals surface area contributed by atoms with Crippen LogP contribution in [0.2, 0.25) is 0 Å². The minimum Gasteiger partial charge on any atom is -0.379 e. The predicted molar refractivity (Wildman–Crippen MR) is 56.9 cm³/mol. The largest absolute Gasteiger partial charge is 0.379 e. The van der Waals surface area contributed by atoms with Crippen molar-refractivity contribution in [2.75, 3.05) is 7.11 Å². The van der Waals surface area contributed by atoms with E-state index in [4.69, 9.17) is 10.5 Å². The van der Waals surface area contributed by atoms with Gasteiger partial charge in [0, 0.05) is 25.5 Å². The molecule has 0 aliphatic heterocycles. The molecule has 2 N–H and O–H groups in total. The number of nitrogens with zero attached hydrogens (tertiary/aromatic N) is 1. The Morgan fingerprint density at radius 1 is 1.57 bits per heavy atom. The molecule has 0 aliphatic carbocycles. The van der Waals surface area contributed by atoms with Crippen LogP contribution in [0.4, 0.5) is 0 Å². The Labute approximate surface area is 85.3 Å². The molecule has 0 radical (unpaired) electrons. The van der Waals surface area contributed by atoms with Crippen LogP contribution in [0.15, 0.2) is 24.5 Å². The zero-order valence-corrected chi connectivity index (χ0v) is 9.03. The topological polar surface area (TPSA) is 48.1 Å². The summed E-state index contributed by atoms with van der Waals surface area (Å²) >= 11 is 0. The van der Waals surface area contributed by atoms with E-state index >= 15 is 0 Å². The van der Waals surface area contributed by atoms with E-state index in [2.05, 4.69) is 4.98 Å². The molecule has 0 amide bonds. The summed E-state index contributed by atoms with van der Waals surface area (Å²) in [5.41, 5.74) is 6.90. The smallest absolute Gasteiger partial charge is 0.0640 e. The molecule has 0 saturated heterocycles. The first-order valence-corrected chi connectivity index (χ1v) is 4.76. The summed E-state index contributed by atoms with van der Waals surface area (Å²) in [7, 11) is 1.70. The minimum atomic E-state index is -0.185. The highest BCUT2D eigenvalue weighted by Gasteiger charge is 2.21. The summed E-state index contributed by atoms with van der Waals surface area (Å²) in [5, 5.41) is 0. The number of methoxy groups -OCH3 is 1. The number of rotatable bonds is 4. The molecule has 1 rings (SSSR count). The zero-order valence-electron chi connectivity index (χ0n) is 9.03. The van der Waals surface area contributed by atoms with Crippen molar-refractivity contribution < 1.29 is 4.74 Å². The Morgan fingerprint density at radius 3 is 2.79 bits per heavy atom. The SMILES string of the molecule is COC(C)(C)CC(N)c1cccnc1. The van der Waals surface area contributed by atoms with Crippen LogP contribution in [0.25, 0.3) is 0 Å². The highest BCUT2D eigenvalue weighted by molar-refractivity contribution is 5.13. The molecule has 3 heteroatoms. The fourth-order valence-electron chi connectivity index (χ4n) is 1.33. The molecule has 1 atom stereocenters. The molecule has 1 aromatic heterocycles. The van der Waals surface area contributed by atoms with Crippen molar-refractivity contribution in [2.45, 2.75) is 31.9 Å². The summed E-state index contributed by atoms with van der Waals surface area (Å²) in [6.07, 6.45) is 4.34. The monoisotopic (exact) mass is 194 g/mol. The molecule has 0 aliphatic rings. The first-order valence-electron chi connectivity index (χ1n) is 4.76. The number of hydrogen-bond donors (Lipinski definition) is 1. The zero-order chi connectivity index (χ0) is 10.6. The normalized spacial score (nSPS) is 14.0. The Bertz CT molecular complexity index is 272. The van der Waals surface area contributed by atoms with Crippen molar-refractivity contribution in [3.8, 4) is 0 Å². The van der Waals surface area contributed by atoms with Crippen LogP contribution in [-0.2, 0) is 4.74 Å². The fourth-order valence-corrected chi connectivity index (χ4v) is 1.33. The molecule has 3 nitrogen and oxygen atoms in total. The number of nitrogens with two attached hydrogens (primary N) is 1. The summed E-state index contributed by atoms with van der Waals surface area (Å²) in [5.74, 6) is 0. The minimum absolute atomic E-state index is 0.0151. The molecule has 0 bridgehead atoms. The van der Waals surface area contributed by atoms with E-state index in [1.165, 1.54) is 0 Å². The van der Waals surface area contributed by atoms with E-state index in [0.29, 0.717) is 0 Å². The van der Waals surface area contributed by atoms with Gasteiger partial charge in [-0.3, -0.25) is 4.98 Å². The number of hydrogen-bond acceptors (Lipinski definition) is 3. The second kappa shape index (κ2) is 4.53. The van der Waals surface area contributed by atoms with Gasteiger partial charge in [-0.1, -0.05) is 6.07 Å². The van der Waals surface area contributed by atoms with Crippen molar-refractivity contribution in [2.24, 2.45) is 5.73 Å². The van der Waals surface area contributed by atoms with E-state index in [1.807, 2.05) is 26.0 Å². The van der Waals surface area contributed by atoms with E-state index in [0.717, 1.165) is 12.0 Å². The van der Waals surface area contributed by atoms with Gasteiger partial charge in [0.25, 0.3) is 0 Å². The van der Waals surface area contributed by atoms with Crippen LogP contribution in [0, 0.1) is 0 Å². The van der Waals surface area contributed by atoms with Gasteiger partial charge in [0.2, 0.25) is 0 Å². The van der Waals surface area contributed by atoms with Gasteiger partial charge in [0.05, 0.1) is 5.60 Å². The Balaban J connectivity index is 2.64. The maximum atomic E-state index is 6.04. The van der Waals surface area contributed by atoms with E-state index in [9.17, 15) is 0 Å². The van der Waals surface area contributed by atoms with Crippen LogP contribution in [0.3, 0.4) is 0 Å². The standard InChI is InChI=1S/C11H18N2O/c1-11(2,14-3)7-10(12)9-5-4-6-13-8-9/h4-6,8,10H,7,12H2,1-3H3. The lowest BCUT2D eigenvalue weighted by Gasteiger charge is -2.26. The molecule has 1 heterocycles. The van der Waals surface area contributed by atoms with Gasteiger partial charge >= 0.3 is 0 Å². The first kappa shape index (κ1) is 11.1. The van der Waals surface area contributed by atoms with Crippen LogP contribution in [-0.4, -0.2) is 17.7 Å². The van der Waals surface area contributed by atoms with Gasteiger partial charge in [0.1, 0.15) is 0 Å². The molecular weight excluding hydrogens is 176 g/mol. The van der Waals surface area contributed by atoms with E-state index < -0.39 is 0 Å². The van der Waals surface area contributed by atoms with Crippen molar-refractivity contribution in [3.63, 3.8) is 0 Å². The fraction of sp³-hybridized carbons (Fsp3) is 0.545. The first-order chi connectivity index (χ1) is 6.55. The van der Waals surface area contributed by atoms with Crippen molar-refractivity contribution in [3.05, 3.63) is 30.1 Å². The molecule has 0 spiro atoms. The highest BCUT2D eigenvalue weighted by atomic mass is 16.5. The van der Waals surface area contributed by atoms with Crippen LogP contribution >= 0.6 is 0 Å². The maximum absolute atomic E-state index is 6.04. The van der Waals surface area contributed by atoms with Gasteiger partial charge in [-0.05, 0) is 31.9 Å². The molecule has 0 fully saturated rings. The van der Waals surface area contributed by atoms with Gasteiger partial charge in [-0.25, -0.2) is 0 Å². The van der Waals surface area contributed by atoms with Gasteiger partial charge < -0.3 is 10.5 Å². The summed E-state index contributed by atoms with van der Waals surface area (Å²) in [6, 6.07) is 3.87. The molecule has 1 aromatic rings. The van der Waals surface area contributed by atoms with Gasteiger partial charge in [-0.2, -0.15) is 0 Å². The molecule has 14 heavy (non-hydrogen) atoms. The number of ether oxygens (including phenoxy) is 1. The van der Waals surface area contributed by atoms with Gasteiger partial charge in [0.15, 0.2) is 0 Å². The molecule has 0 aromatic carbocycles. The average molecular weight is 194 g/mol. The molecule has 78 valence electrons. The van der Waals surface area contributed by atoms with Crippen molar-refractivity contribution in [1.82, 2.24) is 4.98 Å². The van der Waals surface area contributed by atoms with Crippen LogP contribution in [0.1, 0.15) is 31.9 Å². The molecule has 0 saturated carbocycles. The second-order valence-electron chi connectivity index (χ2n) is 4.06. The summed E-state index contributed by atoms with van der Waals surface area (Å²) < 4.78 is 5.33. The highest BCUT2D eigenvalue weighted by Crippen LogP contribution is 2.23. The van der Waals surface area contributed by atoms with E-state index in [1.54, 1.807) is 19.5 Å².